The number of ether oxygens (including phenoxy) is 4. The maximum Gasteiger partial charge on any atom is 0.112 e. The Morgan fingerprint density at radius 1 is 1.17 bits per heavy atom. The molecular weight excluding hydrogens is 292 g/mol. The van der Waals surface area contributed by atoms with Gasteiger partial charge in [0, 0.05) is 13.2 Å². The lowest BCUT2D eigenvalue weighted by Gasteiger charge is -2.06. The maximum absolute atomic E-state index is 5.69. The molecule has 3 unspecified atom stereocenters. The molecule has 0 bridgehead atoms. The first kappa shape index (κ1) is 16.9. The van der Waals surface area contributed by atoms with E-state index in [1.165, 1.54) is 5.56 Å². The third-order valence-corrected chi connectivity index (χ3v) is 4.20. The summed E-state index contributed by atoms with van der Waals surface area (Å²) in [6, 6.07) is 10.3. The second kappa shape index (κ2) is 8.25. The first-order valence-corrected chi connectivity index (χ1v) is 8.58. The van der Waals surface area contributed by atoms with E-state index in [1.807, 2.05) is 18.2 Å². The minimum Gasteiger partial charge on any atom is -0.379 e. The van der Waals surface area contributed by atoms with E-state index < -0.39 is 0 Å². The van der Waals surface area contributed by atoms with Crippen LogP contribution < -0.4 is 0 Å². The highest BCUT2D eigenvalue weighted by Crippen LogP contribution is 2.38. The monoisotopic (exact) mass is 319 g/mol. The maximum atomic E-state index is 5.69. The third-order valence-electron chi connectivity index (χ3n) is 4.20. The summed E-state index contributed by atoms with van der Waals surface area (Å²) in [5, 5.41) is 0. The molecule has 4 nitrogen and oxygen atoms in total. The van der Waals surface area contributed by atoms with E-state index in [4.69, 9.17) is 18.9 Å². The van der Waals surface area contributed by atoms with Gasteiger partial charge in [-0.1, -0.05) is 30.3 Å². The largest absolute Gasteiger partial charge is 0.379 e. The van der Waals surface area contributed by atoms with Gasteiger partial charge in [0.05, 0.1) is 19.8 Å². The molecule has 1 aromatic carbocycles. The van der Waals surface area contributed by atoms with E-state index in [-0.39, 0.29) is 17.8 Å². The predicted octanol–water partition coefficient (Wildman–Crippen LogP) is 3.32. The molecule has 4 heteroatoms. The second-order valence-electron chi connectivity index (χ2n) is 6.59. The van der Waals surface area contributed by atoms with Gasteiger partial charge in [0.15, 0.2) is 0 Å². The van der Waals surface area contributed by atoms with Crippen LogP contribution in [0.4, 0.5) is 0 Å². The fraction of sp³-hybridized carbons (Fsp3) is 0.632. The highest BCUT2D eigenvalue weighted by Gasteiger charge is 2.40. The van der Waals surface area contributed by atoms with E-state index >= 15 is 0 Å². The number of epoxide rings is 2. The molecule has 1 radical (unpaired) electrons. The molecule has 2 saturated heterocycles. The van der Waals surface area contributed by atoms with Gasteiger partial charge in [-0.05, 0) is 38.2 Å². The van der Waals surface area contributed by atoms with Crippen LogP contribution >= 0.6 is 0 Å². The number of benzene rings is 1. The number of unbranched alkanes of at least 4 members (excludes halogenated alkanes) is 3. The van der Waals surface area contributed by atoms with Gasteiger partial charge in [-0.15, -0.1) is 0 Å². The molecule has 0 N–H and O–H groups in total. The Hall–Kier alpha value is -0.940. The van der Waals surface area contributed by atoms with Crippen molar-refractivity contribution < 1.29 is 18.9 Å². The second-order valence-corrected chi connectivity index (χ2v) is 6.59. The Morgan fingerprint density at radius 3 is 2.78 bits per heavy atom. The number of rotatable bonds is 12. The SMILES string of the molecule is CC1(COCCC[CH]CCOCC2OC2c2ccccc2)CO1. The minimum atomic E-state index is 0.0139. The van der Waals surface area contributed by atoms with Crippen molar-refractivity contribution in [2.24, 2.45) is 0 Å². The van der Waals surface area contributed by atoms with Crippen LogP contribution in [0.1, 0.15) is 37.9 Å². The molecule has 0 saturated carbocycles. The summed E-state index contributed by atoms with van der Waals surface area (Å²) >= 11 is 0. The first-order valence-electron chi connectivity index (χ1n) is 8.58. The van der Waals surface area contributed by atoms with E-state index in [9.17, 15) is 0 Å². The Bertz CT molecular complexity index is 458. The van der Waals surface area contributed by atoms with Crippen molar-refractivity contribution >= 4 is 0 Å². The van der Waals surface area contributed by atoms with Crippen LogP contribution in [-0.4, -0.2) is 44.7 Å². The molecule has 2 heterocycles. The van der Waals surface area contributed by atoms with Crippen molar-refractivity contribution in [1.82, 2.24) is 0 Å². The van der Waals surface area contributed by atoms with Crippen molar-refractivity contribution in [3.63, 3.8) is 0 Å². The van der Waals surface area contributed by atoms with Crippen molar-refractivity contribution in [2.75, 3.05) is 33.0 Å². The van der Waals surface area contributed by atoms with Gasteiger partial charge in [0.1, 0.15) is 17.8 Å². The average molecular weight is 319 g/mol. The Balaban J connectivity index is 1.10. The third kappa shape index (κ3) is 5.88. The van der Waals surface area contributed by atoms with Crippen molar-refractivity contribution in [2.45, 2.75) is 44.0 Å². The Labute approximate surface area is 139 Å². The molecule has 23 heavy (non-hydrogen) atoms. The van der Waals surface area contributed by atoms with Gasteiger partial charge in [0.2, 0.25) is 0 Å². The van der Waals surface area contributed by atoms with Gasteiger partial charge in [-0.25, -0.2) is 0 Å². The Kier molecular flexibility index (Phi) is 6.06. The fourth-order valence-corrected chi connectivity index (χ4v) is 2.54. The van der Waals surface area contributed by atoms with Crippen LogP contribution in [0, 0.1) is 6.42 Å². The summed E-state index contributed by atoms with van der Waals surface area (Å²) in [5.41, 5.74) is 1.26. The summed E-state index contributed by atoms with van der Waals surface area (Å²) in [6.07, 6.45) is 5.88. The van der Waals surface area contributed by atoms with Crippen LogP contribution in [0.25, 0.3) is 0 Å². The number of hydrogen-bond donors (Lipinski definition) is 0. The lowest BCUT2D eigenvalue weighted by atomic mass is 10.1. The molecule has 0 spiro atoms. The summed E-state index contributed by atoms with van der Waals surface area (Å²) in [7, 11) is 0. The lowest BCUT2D eigenvalue weighted by molar-refractivity contribution is 0.0832. The molecule has 3 rings (SSSR count). The molecule has 2 fully saturated rings. The highest BCUT2D eigenvalue weighted by atomic mass is 16.6. The highest BCUT2D eigenvalue weighted by molar-refractivity contribution is 5.22. The fourth-order valence-electron chi connectivity index (χ4n) is 2.54. The van der Waals surface area contributed by atoms with Gasteiger partial charge >= 0.3 is 0 Å². The van der Waals surface area contributed by atoms with Crippen molar-refractivity contribution in [3.8, 4) is 0 Å². The van der Waals surface area contributed by atoms with Crippen LogP contribution in [-0.2, 0) is 18.9 Å². The molecule has 0 aromatic heterocycles. The molecule has 2 aliphatic rings. The smallest absolute Gasteiger partial charge is 0.112 e. The molecule has 2 aliphatic heterocycles. The van der Waals surface area contributed by atoms with Gasteiger partial charge < -0.3 is 18.9 Å². The first-order chi connectivity index (χ1) is 11.3. The summed E-state index contributed by atoms with van der Waals surface area (Å²) in [4.78, 5) is 0. The van der Waals surface area contributed by atoms with E-state index in [1.54, 1.807) is 0 Å². The molecule has 0 aliphatic carbocycles. The zero-order valence-electron chi connectivity index (χ0n) is 13.9. The lowest BCUT2D eigenvalue weighted by Crippen LogP contribution is -2.14. The van der Waals surface area contributed by atoms with Gasteiger partial charge in [-0.3, -0.25) is 0 Å². The molecule has 1 aromatic rings. The van der Waals surface area contributed by atoms with Crippen LogP contribution in [0.3, 0.4) is 0 Å². The molecule has 127 valence electrons. The van der Waals surface area contributed by atoms with Crippen molar-refractivity contribution in [3.05, 3.63) is 42.3 Å². The topological polar surface area (TPSA) is 43.5 Å². The zero-order valence-corrected chi connectivity index (χ0v) is 13.9. The Morgan fingerprint density at radius 2 is 2.00 bits per heavy atom. The zero-order chi connectivity index (χ0) is 16.0. The van der Waals surface area contributed by atoms with Gasteiger partial charge in [0.25, 0.3) is 0 Å². The molecular formula is C19H27O4. The predicted molar refractivity (Wildman–Crippen MR) is 88.2 cm³/mol. The normalized spacial score (nSPS) is 28.7. The summed E-state index contributed by atoms with van der Waals surface area (Å²) in [6.45, 7) is 5.92. The van der Waals surface area contributed by atoms with Crippen molar-refractivity contribution in [1.29, 1.82) is 0 Å². The molecule has 0 amide bonds. The van der Waals surface area contributed by atoms with E-state index in [2.05, 4.69) is 25.5 Å². The molecule has 3 atom stereocenters. The van der Waals surface area contributed by atoms with Crippen LogP contribution in [0.5, 0.6) is 0 Å². The quantitative estimate of drug-likeness (QED) is 0.438. The van der Waals surface area contributed by atoms with E-state index in [0.717, 1.165) is 45.7 Å². The standard InChI is InChI=1S/C19H27O4/c1-19(15-22-19)14-21-12-8-3-2-7-11-20-13-17-18(23-17)16-9-5-4-6-10-16/h2,4-6,9-10,17-18H,3,7-8,11-15H2,1H3. The average Bonchev–Trinajstić information content (AvgIpc) is 3.48. The van der Waals surface area contributed by atoms with Gasteiger partial charge in [-0.2, -0.15) is 0 Å². The summed E-state index contributed by atoms with van der Waals surface area (Å²) in [5.74, 6) is 0. The van der Waals surface area contributed by atoms with E-state index in [0.29, 0.717) is 6.61 Å². The number of hydrogen-bond acceptors (Lipinski definition) is 4. The van der Waals surface area contributed by atoms with Crippen LogP contribution in [0.2, 0.25) is 0 Å². The summed E-state index contributed by atoms with van der Waals surface area (Å²) < 4.78 is 22.2. The minimum absolute atomic E-state index is 0.0139. The van der Waals surface area contributed by atoms with Crippen LogP contribution in [0.15, 0.2) is 30.3 Å².